The molecule has 1 N–H and O–H groups in total. The molecule has 1 aliphatic carbocycles. The van der Waals surface area contributed by atoms with E-state index in [1.807, 2.05) is 0 Å². The molecule has 0 heterocycles. The van der Waals surface area contributed by atoms with E-state index in [2.05, 4.69) is 5.32 Å². The number of halogens is 3. The average molecular weight is 265 g/mol. The molecule has 1 saturated carbocycles. The van der Waals surface area contributed by atoms with E-state index in [-0.39, 0.29) is 0 Å². The van der Waals surface area contributed by atoms with Gasteiger partial charge in [0, 0.05) is 17.1 Å². The lowest BCUT2D eigenvalue weighted by Gasteiger charge is -2.09. The van der Waals surface area contributed by atoms with Crippen LogP contribution in [-0.4, -0.2) is 6.54 Å². The van der Waals surface area contributed by atoms with Crippen molar-refractivity contribution in [2.24, 2.45) is 5.92 Å². The molecule has 0 aliphatic heterocycles. The van der Waals surface area contributed by atoms with Gasteiger partial charge in [-0.25, -0.2) is 0 Å². The molecule has 0 bridgehead atoms. The summed E-state index contributed by atoms with van der Waals surface area (Å²) in [5.41, 5.74) is 0.895. The Hall–Kier alpha value is 0.0500. The third-order valence-corrected chi connectivity index (χ3v) is 3.77. The molecule has 0 amide bonds. The van der Waals surface area contributed by atoms with Gasteiger partial charge in [0.25, 0.3) is 0 Å². The zero-order chi connectivity index (χ0) is 10.8. The van der Waals surface area contributed by atoms with Crippen LogP contribution in [0.1, 0.15) is 18.4 Å². The van der Waals surface area contributed by atoms with E-state index in [0.717, 1.165) is 18.0 Å². The topological polar surface area (TPSA) is 12.0 Å². The van der Waals surface area contributed by atoms with Gasteiger partial charge < -0.3 is 5.32 Å². The van der Waals surface area contributed by atoms with Crippen LogP contribution in [0, 0.1) is 5.92 Å². The van der Waals surface area contributed by atoms with E-state index in [9.17, 15) is 0 Å². The normalized spacial score (nSPS) is 15.7. The van der Waals surface area contributed by atoms with E-state index in [0.29, 0.717) is 21.6 Å². The molecule has 15 heavy (non-hydrogen) atoms. The summed E-state index contributed by atoms with van der Waals surface area (Å²) in [4.78, 5) is 0. The summed E-state index contributed by atoms with van der Waals surface area (Å²) in [5.74, 6) is 0.849. The molecule has 1 aliphatic rings. The molecule has 0 atom stereocenters. The third-order valence-electron chi connectivity index (χ3n) is 2.57. The fraction of sp³-hybridized carbons (Fsp3) is 0.455. The largest absolute Gasteiger partial charge is 0.312 e. The van der Waals surface area contributed by atoms with E-state index < -0.39 is 0 Å². The summed E-state index contributed by atoms with van der Waals surface area (Å²) in [7, 11) is 0. The lowest BCUT2D eigenvalue weighted by molar-refractivity contribution is 0.639. The maximum atomic E-state index is 6.07. The Bertz CT molecular complexity index is 361. The number of nitrogens with one attached hydrogen (secondary N) is 1. The Balaban J connectivity index is 2.01. The number of benzene rings is 1. The SMILES string of the molecule is Clc1ccc(Cl)c(CNCC2CC2)c1Cl. The Labute approximate surface area is 105 Å². The average Bonchev–Trinajstić information content (AvgIpc) is 3.01. The van der Waals surface area contributed by atoms with Crippen molar-refractivity contribution in [1.82, 2.24) is 5.32 Å². The quantitative estimate of drug-likeness (QED) is 0.806. The Morgan fingerprint density at radius 3 is 2.47 bits per heavy atom. The van der Waals surface area contributed by atoms with Crippen molar-refractivity contribution >= 4 is 34.8 Å². The molecule has 0 aromatic heterocycles. The van der Waals surface area contributed by atoms with Crippen molar-refractivity contribution in [1.29, 1.82) is 0 Å². The fourth-order valence-corrected chi connectivity index (χ4v) is 2.14. The van der Waals surface area contributed by atoms with Gasteiger partial charge >= 0.3 is 0 Å². The predicted molar refractivity (Wildman–Crippen MR) is 65.9 cm³/mol. The smallest absolute Gasteiger partial charge is 0.0652 e. The van der Waals surface area contributed by atoms with Crippen LogP contribution in [0.25, 0.3) is 0 Å². The van der Waals surface area contributed by atoms with Crippen LogP contribution in [-0.2, 0) is 6.54 Å². The Kier molecular flexibility index (Phi) is 3.78. The van der Waals surface area contributed by atoms with Crippen LogP contribution in [0.2, 0.25) is 15.1 Å². The first-order valence-electron chi connectivity index (χ1n) is 5.01. The van der Waals surface area contributed by atoms with Crippen molar-refractivity contribution in [2.45, 2.75) is 19.4 Å². The highest BCUT2D eigenvalue weighted by atomic mass is 35.5. The van der Waals surface area contributed by atoms with Crippen LogP contribution in [0.15, 0.2) is 12.1 Å². The second kappa shape index (κ2) is 4.92. The minimum Gasteiger partial charge on any atom is -0.312 e. The lowest BCUT2D eigenvalue weighted by atomic mass is 10.2. The second-order valence-electron chi connectivity index (χ2n) is 3.90. The molecule has 1 nitrogen and oxygen atoms in total. The van der Waals surface area contributed by atoms with Gasteiger partial charge in [-0.2, -0.15) is 0 Å². The van der Waals surface area contributed by atoms with Gasteiger partial charge in [0.15, 0.2) is 0 Å². The standard InChI is InChI=1S/C11H12Cl3N/c12-9-3-4-10(13)11(14)8(9)6-15-5-7-1-2-7/h3-4,7,15H,1-2,5-6H2. The van der Waals surface area contributed by atoms with Gasteiger partial charge in [-0.15, -0.1) is 0 Å². The molecule has 1 aromatic rings. The van der Waals surface area contributed by atoms with E-state index >= 15 is 0 Å². The summed E-state index contributed by atoms with van der Waals surface area (Å²) in [6, 6.07) is 3.50. The van der Waals surface area contributed by atoms with Gasteiger partial charge in [0.05, 0.1) is 10.0 Å². The summed E-state index contributed by atoms with van der Waals surface area (Å²) < 4.78 is 0. The zero-order valence-electron chi connectivity index (χ0n) is 8.19. The minimum atomic E-state index is 0.560. The number of hydrogen-bond acceptors (Lipinski definition) is 1. The van der Waals surface area contributed by atoms with Crippen molar-refractivity contribution in [3.8, 4) is 0 Å². The molecule has 0 unspecified atom stereocenters. The van der Waals surface area contributed by atoms with Gasteiger partial charge in [0.2, 0.25) is 0 Å². The summed E-state index contributed by atoms with van der Waals surface area (Å²) in [5, 5.41) is 5.14. The highest BCUT2D eigenvalue weighted by Gasteiger charge is 2.20. The molecule has 0 radical (unpaired) electrons. The molecular formula is C11H12Cl3N. The Morgan fingerprint density at radius 1 is 1.13 bits per heavy atom. The maximum Gasteiger partial charge on any atom is 0.0652 e. The van der Waals surface area contributed by atoms with Crippen molar-refractivity contribution in [3.05, 3.63) is 32.8 Å². The number of rotatable bonds is 4. The van der Waals surface area contributed by atoms with Gasteiger partial charge in [-0.3, -0.25) is 0 Å². The minimum absolute atomic E-state index is 0.560. The highest BCUT2D eigenvalue weighted by Crippen LogP contribution is 2.32. The van der Waals surface area contributed by atoms with Crippen LogP contribution in [0.3, 0.4) is 0 Å². The summed E-state index contributed by atoms with van der Waals surface area (Å²) in [6.07, 6.45) is 2.67. The summed E-state index contributed by atoms with van der Waals surface area (Å²) >= 11 is 18.0. The fourth-order valence-electron chi connectivity index (χ4n) is 1.45. The highest BCUT2D eigenvalue weighted by molar-refractivity contribution is 6.44. The van der Waals surface area contributed by atoms with E-state index in [1.165, 1.54) is 12.8 Å². The monoisotopic (exact) mass is 263 g/mol. The Morgan fingerprint density at radius 2 is 1.80 bits per heavy atom. The van der Waals surface area contributed by atoms with Crippen molar-refractivity contribution in [3.63, 3.8) is 0 Å². The first kappa shape index (κ1) is 11.5. The molecular weight excluding hydrogens is 252 g/mol. The van der Waals surface area contributed by atoms with Crippen LogP contribution in [0.4, 0.5) is 0 Å². The molecule has 2 rings (SSSR count). The predicted octanol–water partition coefficient (Wildman–Crippen LogP) is 4.15. The van der Waals surface area contributed by atoms with Crippen LogP contribution >= 0.6 is 34.8 Å². The molecule has 4 heteroatoms. The second-order valence-corrected chi connectivity index (χ2v) is 5.09. The third kappa shape index (κ3) is 3.01. The van der Waals surface area contributed by atoms with E-state index in [4.69, 9.17) is 34.8 Å². The van der Waals surface area contributed by atoms with Gasteiger partial charge in [-0.05, 0) is 37.4 Å². The van der Waals surface area contributed by atoms with Gasteiger partial charge in [-0.1, -0.05) is 34.8 Å². The van der Waals surface area contributed by atoms with Crippen LogP contribution < -0.4 is 5.32 Å². The van der Waals surface area contributed by atoms with Gasteiger partial charge in [0.1, 0.15) is 0 Å². The molecule has 1 fully saturated rings. The molecule has 82 valence electrons. The lowest BCUT2D eigenvalue weighted by Crippen LogP contribution is -2.16. The molecule has 0 spiro atoms. The van der Waals surface area contributed by atoms with Crippen LogP contribution in [0.5, 0.6) is 0 Å². The maximum absolute atomic E-state index is 6.07. The first-order chi connectivity index (χ1) is 7.18. The van der Waals surface area contributed by atoms with Crippen molar-refractivity contribution < 1.29 is 0 Å². The molecule has 1 aromatic carbocycles. The van der Waals surface area contributed by atoms with Crippen molar-refractivity contribution in [2.75, 3.05) is 6.54 Å². The summed E-state index contributed by atoms with van der Waals surface area (Å²) in [6.45, 7) is 1.73. The van der Waals surface area contributed by atoms with E-state index in [1.54, 1.807) is 12.1 Å². The zero-order valence-corrected chi connectivity index (χ0v) is 10.5. The molecule has 0 saturated heterocycles. The first-order valence-corrected chi connectivity index (χ1v) is 6.15. The number of hydrogen-bond donors (Lipinski definition) is 1.